The van der Waals surface area contributed by atoms with Gasteiger partial charge in [-0.2, -0.15) is 5.10 Å². The van der Waals surface area contributed by atoms with Gasteiger partial charge in [0.1, 0.15) is 5.60 Å². The van der Waals surface area contributed by atoms with Crippen molar-refractivity contribution >= 4 is 35.3 Å². The van der Waals surface area contributed by atoms with Gasteiger partial charge in [0, 0.05) is 10.6 Å². The van der Waals surface area contributed by atoms with Crippen LogP contribution < -0.4 is 5.43 Å². The fraction of sp³-hybridized carbons (Fsp3) is 0.273. The molecule has 0 aromatic heterocycles. The fourth-order valence-electron chi connectivity index (χ4n) is 0.903. The van der Waals surface area contributed by atoms with Crippen LogP contribution in [0.2, 0.25) is 10.0 Å². The molecule has 1 aromatic carbocycles. The largest absolute Gasteiger partial charge is 0.381 e. The molecule has 1 amide bonds. The summed E-state index contributed by atoms with van der Waals surface area (Å²) in [6.45, 7) is 2.74. The maximum Gasteiger partial charge on any atom is 0.271 e. The summed E-state index contributed by atoms with van der Waals surface area (Å²) < 4.78 is 0. The number of carbonyl (C=O) groups is 1. The molecule has 2 N–H and O–H groups in total. The molecule has 0 radical (unpaired) electrons. The maximum atomic E-state index is 11.3. The summed E-state index contributed by atoms with van der Waals surface area (Å²) >= 11 is 11.6. The van der Waals surface area contributed by atoms with Gasteiger partial charge in [-0.3, -0.25) is 4.79 Å². The number of nitrogens with zero attached hydrogens (tertiary/aromatic N) is 1. The molecular formula is C11H12Cl2N2O2. The second kappa shape index (κ2) is 5.49. The zero-order chi connectivity index (χ0) is 13.1. The molecule has 0 fully saturated rings. The number of hydrazone groups is 1. The van der Waals surface area contributed by atoms with Crippen LogP contribution >= 0.6 is 23.2 Å². The Hall–Kier alpha value is -1.10. The standard InChI is InChI=1S/C11H12Cl2N2O2/c1-11(2,17)10(16)15-14-6-7-3-4-8(12)5-9(7)13/h3-6,17H,1-2H3,(H,15,16)/b14-6+. The van der Waals surface area contributed by atoms with Crippen molar-refractivity contribution < 1.29 is 9.90 Å². The van der Waals surface area contributed by atoms with Gasteiger partial charge in [0.25, 0.3) is 5.91 Å². The SMILES string of the molecule is CC(C)(O)C(=O)N/N=C/c1ccc(Cl)cc1Cl. The third-order valence-corrected chi connectivity index (χ3v) is 2.45. The van der Waals surface area contributed by atoms with E-state index in [9.17, 15) is 9.90 Å². The van der Waals surface area contributed by atoms with Crippen LogP contribution in [0.1, 0.15) is 19.4 Å². The van der Waals surface area contributed by atoms with Crippen LogP contribution in [0.5, 0.6) is 0 Å². The average Bonchev–Trinajstić information content (AvgIpc) is 2.19. The summed E-state index contributed by atoms with van der Waals surface area (Å²) in [5.74, 6) is -0.598. The number of rotatable bonds is 3. The molecule has 0 aliphatic heterocycles. The van der Waals surface area contributed by atoms with Crippen molar-refractivity contribution in [2.75, 3.05) is 0 Å². The molecule has 17 heavy (non-hydrogen) atoms. The Labute approximate surface area is 109 Å². The summed E-state index contributed by atoms with van der Waals surface area (Å²) in [6, 6.07) is 4.90. The van der Waals surface area contributed by atoms with Gasteiger partial charge in [-0.25, -0.2) is 5.43 Å². The molecule has 0 saturated carbocycles. The van der Waals surface area contributed by atoms with Gasteiger partial charge in [0.05, 0.1) is 11.2 Å². The van der Waals surface area contributed by atoms with Gasteiger partial charge < -0.3 is 5.11 Å². The highest BCUT2D eigenvalue weighted by Crippen LogP contribution is 2.19. The summed E-state index contributed by atoms with van der Waals surface area (Å²) in [6.07, 6.45) is 1.38. The van der Waals surface area contributed by atoms with E-state index in [2.05, 4.69) is 10.5 Å². The minimum atomic E-state index is -1.47. The summed E-state index contributed by atoms with van der Waals surface area (Å²) in [7, 11) is 0. The van der Waals surface area contributed by atoms with E-state index in [1.807, 2.05) is 0 Å². The average molecular weight is 275 g/mol. The van der Waals surface area contributed by atoms with E-state index in [-0.39, 0.29) is 0 Å². The van der Waals surface area contributed by atoms with Gasteiger partial charge >= 0.3 is 0 Å². The number of benzene rings is 1. The van der Waals surface area contributed by atoms with Crippen molar-refractivity contribution in [3.05, 3.63) is 33.8 Å². The van der Waals surface area contributed by atoms with E-state index in [4.69, 9.17) is 23.2 Å². The van der Waals surface area contributed by atoms with E-state index >= 15 is 0 Å². The van der Waals surface area contributed by atoms with Crippen molar-refractivity contribution in [1.82, 2.24) is 5.43 Å². The molecular weight excluding hydrogens is 263 g/mol. The number of nitrogens with one attached hydrogen (secondary N) is 1. The van der Waals surface area contributed by atoms with Gasteiger partial charge in [0.15, 0.2) is 0 Å². The highest BCUT2D eigenvalue weighted by Gasteiger charge is 2.22. The first-order valence-corrected chi connectivity index (χ1v) is 5.57. The molecule has 0 heterocycles. The Morgan fingerprint density at radius 1 is 1.47 bits per heavy atom. The molecule has 0 bridgehead atoms. The first kappa shape index (κ1) is 14.0. The fourth-order valence-corrected chi connectivity index (χ4v) is 1.36. The maximum absolute atomic E-state index is 11.3. The minimum absolute atomic E-state index is 0.429. The normalized spacial score (nSPS) is 11.8. The van der Waals surface area contributed by atoms with Crippen LogP contribution in [0, 0.1) is 0 Å². The van der Waals surface area contributed by atoms with E-state index < -0.39 is 11.5 Å². The van der Waals surface area contributed by atoms with E-state index in [1.54, 1.807) is 18.2 Å². The van der Waals surface area contributed by atoms with E-state index in [0.717, 1.165) is 0 Å². The van der Waals surface area contributed by atoms with Crippen LogP contribution in [0.4, 0.5) is 0 Å². The monoisotopic (exact) mass is 274 g/mol. The van der Waals surface area contributed by atoms with Crippen LogP contribution in [-0.2, 0) is 4.79 Å². The molecule has 92 valence electrons. The molecule has 0 aliphatic carbocycles. The van der Waals surface area contributed by atoms with Crippen LogP contribution in [0.3, 0.4) is 0 Å². The summed E-state index contributed by atoms with van der Waals surface area (Å²) in [4.78, 5) is 11.3. The Balaban J connectivity index is 2.69. The third-order valence-electron chi connectivity index (χ3n) is 1.89. The molecule has 0 atom stereocenters. The topological polar surface area (TPSA) is 61.7 Å². The number of hydrogen-bond acceptors (Lipinski definition) is 3. The van der Waals surface area contributed by atoms with Crippen molar-refractivity contribution in [2.45, 2.75) is 19.4 Å². The lowest BCUT2D eigenvalue weighted by molar-refractivity contribution is -0.136. The Morgan fingerprint density at radius 2 is 2.12 bits per heavy atom. The second-order valence-electron chi connectivity index (χ2n) is 3.92. The smallest absolute Gasteiger partial charge is 0.271 e. The number of halogens is 2. The predicted octanol–water partition coefficient (Wildman–Crippen LogP) is 2.21. The molecule has 1 aromatic rings. The lowest BCUT2D eigenvalue weighted by Crippen LogP contribution is -2.39. The quantitative estimate of drug-likeness (QED) is 0.656. The Morgan fingerprint density at radius 3 is 2.65 bits per heavy atom. The van der Waals surface area contributed by atoms with Gasteiger partial charge in [-0.15, -0.1) is 0 Å². The van der Waals surface area contributed by atoms with Crippen molar-refractivity contribution in [1.29, 1.82) is 0 Å². The minimum Gasteiger partial charge on any atom is -0.381 e. The number of aliphatic hydroxyl groups is 1. The zero-order valence-corrected chi connectivity index (χ0v) is 10.9. The molecule has 0 unspecified atom stereocenters. The van der Waals surface area contributed by atoms with Crippen LogP contribution in [0.25, 0.3) is 0 Å². The van der Waals surface area contributed by atoms with Gasteiger partial charge in [-0.05, 0) is 26.0 Å². The first-order valence-electron chi connectivity index (χ1n) is 4.81. The van der Waals surface area contributed by atoms with Gasteiger partial charge in [0.2, 0.25) is 0 Å². The van der Waals surface area contributed by atoms with E-state index in [0.29, 0.717) is 15.6 Å². The predicted molar refractivity (Wildman–Crippen MR) is 68.5 cm³/mol. The third kappa shape index (κ3) is 4.34. The Kier molecular flexibility index (Phi) is 4.51. The second-order valence-corrected chi connectivity index (χ2v) is 4.77. The molecule has 6 heteroatoms. The molecule has 0 saturated heterocycles. The molecule has 0 aliphatic rings. The number of carbonyl (C=O) groups excluding carboxylic acids is 1. The van der Waals surface area contributed by atoms with Crippen LogP contribution in [-0.4, -0.2) is 22.8 Å². The molecule has 0 spiro atoms. The van der Waals surface area contributed by atoms with Crippen molar-refractivity contribution in [3.63, 3.8) is 0 Å². The Bertz CT molecular complexity index is 453. The van der Waals surface area contributed by atoms with E-state index in [1.165, 1.54) is 20.1 Å². The van der Waals surface area contributed by atoms with Crippen LogP contribution in [0.15, 0.2) is 23.3 Å². The molecule has 4 nitrogen and oxygen atoms in total. The summed E-state index contributed by atoms with van der Waals surface area (Å²) in [5.41, 5.74) is 1.35. The highest BCUT2D eigenvalue weighted by atomic mass is 35.5. The lowest BCUT2D eigenvalue weighted by Gasteiger charge is -2.13. The molecule has 1 rings (SSSR count). The summed E-state index contributed by atoms with van der Waals surface area (Å²) in [5, 5.41) is 14.0. The first-order chi connectivity index (χ1) is 7.80. The van der Waals surface area contributed by atoms with Gasteiger partial charge in [-0.1, -0.05) is 29.3 Å². The van der Waals surface area contributed by atoms with Crippen molar-refractivity contribution in [3.8, 4) is 0 Å². The number of hydrogen-bond donors (Lipinski definition) is 2. The highest BCUT2D eigenvalue weighted by molar-refractivity contribution is 6.36. The number of amides is 1. The zero-order valence-electron chi connectivity index (χ0n) is 9.37. The van der Waals surface area contributed by atoms with Crippen molar-refractivity contribution in [2.24, 2.45) is 5.10 Å². The lowest BCUT2D eigenvalue weighted by atomic mass is 10.1.